The Morgan fingerprint density at radius 2 is 1.96 bits per heavy atom. The fraction of sp³-hybridized carbons (Fsp3) is 0.600. The second-order valence-electron chi connectivity index (χ2n) is 7.68. The molecule has 0 unspecified atom stereocenters. The highest BCUT2D eigenvalue weighted by Crippen LogP contribution is 2.26. The number of rotatable bonds is 5. The molecule has 1 saturated carbocycles. The summed E-state index contributed by atoms with van der Waals surface area (Å²) in [5, 5.41) is 11.4. The van der Waals surface area contributed by atoms with Crippen LogP contribution in [0.5, 0.6) is 0 Å². The summed E-state index contributed by atoms with van der Waals surface area (Å²) < 4.78 is 6.56. The summed E-state index contributed by atoms with van der Waals surface area (Å²) in [5.74, 6) is 0.437. The Hall–Kier alpha value is -2.44. The second kappa shape index (κ2) is 8.50. The van der Waals surface area contributed by atoms with Gasteiger partial charge in [0.1, 0.15) is 6.54 Å². The summed E-state index contributed by atoms with van der Waals surface area (Å²) in [6.45, 7) is 5.75. The number of aromatic nitrogens is 3. The molecule has 0 aromatic carbocycles. The van der Waals surface area contributed by atoms with Gasteiger partial charge in [0.15, 0.2) is 5.76 Å². The van der Waals surface area contributed by atoms with Crippen LogP contribution >= 0.6 is 0 Å². The minimum atomic E-state index is -0.320. The Balaban J connectivity index is 1.80. The van der Waals surface area contributed by atoms with Gasteiger partial charge in [0, 0.05) is 23.7 Å². The van der Waals surface area contributed by atoms with Gasteiger partial charge in [0.25, 0.3) is 5.56 Å². The highest BCUT2D eigenvalue weighted by atomic mass is 16.5. The van der Waals surface area contributed by atoms with Crippen LogP contribution in [0.15, 0.2) is 21.5 Å². The zero-order chi connectivity index (χ0) is 19.4. The van der Waals surface area contributed by atoms with E-state index < -0.39 is 0 Å². The monoisotopic (exact) mass is 372 g/mol. The van der Waals surface area contributed by atoms with Gasteiger partial charge in [0.2, 0.25) is 5.91 Å². The Bertz CT molecular complexity index is 845. The van der Waals surface area contributed by atoms with Crippen molar-refractivity contribution in [3.63, 3.8) is 0 Å². The highest BCUT2D eigenvalue weighted by Gasteiger charge is 2.19. The summed E-state index contributed by atoms with van der Waals surface area (Å²) in [6, 6.07) is 3.48. The SMILES string of the molecule is Cc1cc(-c2cc(=O)n(CC(=O)NC3CCCCCC3)nc2C(C)C)on1. The van der Waals surface area contributed by atoms with E-state index in [0.717, 1.165) is 31.4 Å². The summed E-state index contributed by atoms with van der Waals surface area (Å²) in [5.41, 5.74) is 1.77. The summed E-state index contributed by atoms with van der Waals surface area (Å²) in [6.07, 6.45) is 6.77. The van der Waals surface area contributed by atoms with Crippen molar-refractivity contribution < 1.29 is 9.32 Å². The van der Waals surface area contributed by atoms with E-state index in [4.69, 9.17) is 4.52 Å². The van der Waals surface area contributed by atoms with Crippen LogP contribution in [0.3, 0.4) is 0 Å². The molecular weight excluding hydrogens is 344 g/mol. The van der Waals surface area contributed by atoms with Gasteiger partial charge in [-0.1, -0.05) is 44.7 Å². The van der Waals surface area contributed by atoms with Crippen molar-refractivity contribution in [1.29, 1.82) is 0 Å². The molecule has 0 saturated heterocycles. The van der Waals surface area contributed by atoms with E-state index in [-0.39, 0.29) is 30.0 Å². The zero-order valence-electron chi connectivity index (χ0n) is 16.3. The molecule has 27 heavy (non-hydrogen) atoms. The second-order valence-corrected chi connectivity index (χ2v) is 7.68. The maximum atomic E-state index is 12.5. The highest BCUT2D eigenvalue weighted by molar-refractivity contribution is 5.76. The van der Waals surface area contributed by atoms with E-state index in [9.17, 15) is 9.59 Å². The van der Waals surface area contributed by atoms with Gasteiger partial charge in [-0.25, -0.2) is 4.68 Å². The van der Waals surface area contributed by atoms with E-state index in [1.54, 1.807) is 6.07 Å². The molecule has 0 bridgehead atoms. The number of amides is 1. The molecule has 0 atom stereocenters. The maximum Gasteiger partial charge on any atom is 0.267 e. The first-order chi connectivity index (χ1) is 12.9. The van der Waals surface area contributed by atoms with Crippen LogP contribution in [-0.2, 0) is 11.3 Å². The van der Waals surface area contributed by atoms with Crippen LogP contribution in [0.2, 0.25) is 0 Å². The first-order valence-corrected chi connectivity index (χ1v) is 9.79. The summed E-state index contributed by atoms with van der Waals surface area (Å²) >= 11 is 0. The third-order valence-corrected chi connectivity index (χ3v) is 4.98. The largest absolute Gasteiger partial charge is 0.356 e. The molecule has 1 N–H and O–H groups in total. The molecule has 1 aliphatic rings. The number of carbonyl (C=O) groups excluding carboxylic acids is 1. The van der Waals surface area contributed by atoms with Crippen molar-refractivity contribution in [2.24, 2.45) is 0 Å². The van der Waals surface area contributed by atoms with E-state index in [1.807, 2.05) is 20.8 Å². The number of nitrogens with one attached hydrogen (secondary N) is 1. The van der Waals surface area contributed by atoms with Crippen LogP contribution in [0.25, 0.3) is 11.3 Å². The van der Waals surface area contributed by atoms with Crippen LogP contribution in [-0.4, -0.2) is 26.9 Å². The molecule has 1 aliphatic carbocycles. The lowest BCUT2D eigenvalue weighted by atomic mass is 10.0. The Morgan fingerprint density at radius 3 is 2.56 bits per heavy atom. The topological polar surface area (TPSA) is 90.0 Å². The van der Waals surface area contributed by atoms with Gasteiger partial charge in [-0.3, -0.25) is 9.59 Å². The average Bonchev–Trinajstić information content (AvgIpc) is 2.88. The summed E-state index contributed by atoms with van der Waals surface area (Å²) in [7, 11) is 0. The van der Waals surface area contributed by atoms with Crippen LogP contribution < -0.4 is 10.9 Å². The van der Waals surface area contributed by atoms with Gasteiger partial charge in [-0.05, 0) is 25.7 Å². The Kier molecular flexibility index (Phi) is 6.08. The number of aryl methyl sites for hydroxylation is 1. The molecule has 1 amide bonds. The number of hydrogen-bond acceptors (Lipinski definition) is 5. The third-order valence-electron chi connectivity index (χ3n) is 4.98. The molecule has 0 radical (unpaired) electrons. The molecule has 2 aromatic heterocycles. The van der Waals surface area contributed by atoms with Gasteiger partial charge >= 0.3 is 0 Å². The average molecular weight is 372 g/mol. The molecule has 0 aliphatic heterocycles. The summed E-state index contributed by atoms with van der Waals surface area (Å²) in [4.78, 5) is 25.0. The normalized spacial score (nSPS) is 15.7. The standard InChI is InChI=1S/C20H28N4O3/c1-13(2)20-16(17-10-14(3)23-27-17)11-19(26)24(22-20)12-18(25)21-15-8-6-4-5-7-9-15/h10-11,13,15H,4-9,12H2,1-3H3,(H,21,25). The van der Waals surface area contributed by atoms with Crippen molar-refractivity contribution in [2.75, 3.05) is 0 Å². The predicted molar refractivity (Wildman–Crippen MR) is 102 cm³/mol. The lowest BCUT2D eigenvalue weighted by molar-refractivity contribution is -0.122. The number of carbonyl (C=O) groups is 1. The van der Waals surface area contributed by atoms with Gasteiger partial charge in [0.05, 0.1) is 11.4 Å². The Morgan fingerprint density at radius 1 is 1.26 bits per heavy atom. The Labute approximate surface area is 159 Å². The van der Waals surface area contributed by atoms with Crippen molar-refractivity contribution in [1.82, 2.24) is 20.3 Å². The molecule has 7 heteroatoms. The molecular formula is C20H28N4O3. The zero-order valence-corrected chi connectivity index (χ0v) is 16.3. The number of hydrogen-bond donors (Lipinski definition) is 1. The van der Waals surface area contributed by atoms with E-state index in [1.165, 1.54) is 23.6 Å². The van der Waals surface area contributed by atoms with E-state index in [2.05, 4.69) is 15.6 Å². The van der Waals surface area contributed by atoms with Gasteiger partial charge in [-0.15, -0.1) is 0 Å². The predicted octanol–water partition coefficient (Wildman–Crippen LogP) is 3.17. The van der Waals surface area contributed by atoms with Crippen molar-refractivity contribution >= 4 is 5.91 Å². The lowest BCUT2D eigenvalue weighted by Crippen LogP contribution is -2.39. The van der Waals surface area contributed by atoms with Gasteiger partial charge < -0.3 is 9.84 Å². The lowest BCUT2D eigenvalue weighted by Gasteiger charge is -2.17. The van der Waals surface area contributed by atoms with Crippen molar-refractivity contribution in [2.45, 2.75) is 77.8 Å². The minimum absolute atomic E-state index is 0.0647. The van der Waals surface area contributed by atoms with Crippen molar-refractivity contribution in [3.05, 3.63) is 33.9 Å². The fourth-order valence-electron chi connectivity index (χ4n) is 3.57. The molecule has 2 aromatic rings. The molecule has 2 heterocycles. The molecule has 1 fully saturated rings. The van der Waals surface area contributed by atoms with E-state index in [0.29, 0.717) is 17.0 Å². The van der Waals surface area contributed by atoms with Crippen molar-refractivity contribution in [3.8, 4) is 11.3 Å². The first-order valence-electron chi connectivity index (χ1n) is 9.79. The third kappa shape index (κ3) is 4.84. The quantitative estimate of drug-likeness (QED) is 0.814. The molecule has 7 nitrogen and oxygen atoms in total. The first kappa shape index (κ1) is 19.3. The molecule has 146 valence electrons. The van der Waals surface area contributed by atoms with Crippen LogP contribution in [0, 0.1) is 6.92 Å². The smallest absolute Gasteiger partial charge is 0.267 e. The minimum Gasteiger partial charge on any atom is -0.356 e. The molecule has 0 spiro atoms. The van der Waals surface area contributed by atoms with Gasteiger partial charge in [-0.2, -0.15) is 5.10 Å². The van der Waals surface area contributed by atoms with Crippen LogP contribution in [0.1, 0.15) is 69.7 Å². The fourth-order valence-corrected chi connectivity index (χ4v) is 3.57. The van der Waals surface area contributed by atoms with Crippen LogP contribution in [0.4, 0.5) is 0 Å². The number of nitrogens with zero attached hydrogens (tertiary/aromatic N) is 3. The molecule has 3 rings (SSSR count). The van der Waals surface area contributed by atoms with E-state index >= 15 is 0 Å². The maximum absolute atomic E-state index is 12.5.